The van der Waals surface area contributed by atoms with Crippen LogP contribution in [0.2, 0.25) is 0 Å². The van der Waals surface area contributed by atoms with Crippen molar-refractivity contribution in [3.63, 3.8) is 0 Å². The molecule has 2 aromatic heterocycles. The van der Waals surface area contributed by atoms with Gasteiger partial charge in [0.25, 0.3) is 5.91 Å². The second-order valence-corrected chi connectivity index (χ2v) is 7.18. The molecule has 0 unspecified atom stereocenters. The van der Waals surface area contributed by atoms with E-state index in [1.807, 2.05) is 16.8 Å². The molecular weight excluding hydrogens is 366 g/mol. The lowest BCUT2D eigenvalue weighted by atomic mass is 10.2. The van der Waals surface area contributed by atoms with Crippen LogP contribution in [0.3, 0.4) is 0 Å². The van der Waals surface area contributed by atoms with Crippen LogP contribution in [0.5, 0.6) is 0 Å². The number of thiophene rings is 1. The molecule has 3 aromatic rings. The number of nitrogens with zero attached hydrogens (tertiary/aromatic N) is 1. The number of anilines is 1. The number of terminal acetylenes is 1. The number of hydrogen-bond donors (Lipinski definition) is 2. The molecule has 0 fully saturated rings. The van der Waals surface area contributed by atoms with E-state index < -0.39 is 0 Å². The Labute approximate surface area is 159 Å². The van der Waals surface area contributed by atoms with Crippen LogP contribution in [0.4, 0.5) is 5.69 Å². The molecule has 3 rings (SSSR count). The number of aryl methyl sites for hydroxylation is 1. The second-order valence-electron chi connectivity index (χ2n) is 5.40. The topological polar surface area (TPSA) is 71.1 Å². The molecule has 0 saturated carbocycles. The van der Waals surface area contributed by atoms with Crippen molar-refractivity contribution >= 4 is 40.2 Å². The molecule has 0 atom stereocenters. The first-order valence-corrected chi connectivity index (χ1v) is 9.47. The van der Waals surface area contributed by atoms with Crippen molar-refractivity contribution in [3.8, 4) is 22.9 Å². The van der Waals surface area contributed by atoms with Gasteiger partial charge in [0.1, 0.15) is 9.88 Å². The second kappa shape index (κ2) is 7.95. The van der Waals surface area contributed by atoms with Crippen LogP contribution in [-0.2, 0) is 4.79 Å². The summed E-state index contributed by atoms with van der Waals surface area (Å²) < 4.78 is 0. The van der Waals surface area contributed by atoms with E-state index in [4.69, 9.17) is 6.42 Å². The van der Waals surface area contributed by atoms with Gasteiger partial charge in [-0.1, -0.05) is 12.0 Å². The third kappa shape index (κ3) is 4.17. The minimum absolute atomic E-state index is 0.135. The maximum atomic E-state index is 12.4. The molecule has 2 N–H and O–H groups in total. The van der Waals surface area contributed by atoms with Gasteiger partial charge in [0.2, 0.25) is 5.91 Å². The van der Waals surface area contributed by atoms with Crippen molar-refractivity contribution in [2.75, 3.05) is 11.9 Å². The Balaban J connectivity index is 1.60. The molecule has 26 heavy (non-hydrogen) atoms. The molecule has 0 aliphatic carbocycles. The number of thiazole rings is 1. The van der Waals surface area contributed by atoms with Gasteiger partial charge in [-0.25, -0.2) is 4.98 Å². The summed E-state index contributed by atoms with van der Waals surface area (Å²) in [6, 6.07) is 8.93. The Bertz CT molecular complexity index is 985. The molecule has 0 aliphatic rings. The first-order valence-electron chi connectivity index (χ1n) is 7.71. The average Bonchev–Trinajstić information content (AvgIpc) is 3.29. The highest BCUT2D eigenvalue weighted by Crippen LogP contribution is 2.29. The van der Waals surface area contributed by atoms with E-state index in [-0.39, 0.29) is 18.4 Å². The summed E-state index contributed by atoms with van der Waals surface area (Å²) >= 11 is 2.89. The number of carbonyl (C=O) groups excluding carboxylic acids is 2. The molecule has 0 spiro atoms. The zero-order valence-electron chi connectivity index (χ0n) is 13.9. The molecule has 5 nitrogen and oxygen atoms in total. The van der Waals surface area contributed by atoms with Crippen molar-refractivity contribution in [3.05, 3.63) is 57.2 Å². The summed E-state index contributed by atoms with van der Waals surface area (Å²) in [5.74, 6) is 1.87. The van der Waals surface area contributed by atoms with Crippen LogP contribution >= 0.6 is 22.7 Å². The van der Waals surface area contributed by atoms with Crippen LogP contribution in [0.25, 0.3) is 10.6 Å². The SMILES string of the molecule is C#Cc1cccc(NC(=O)CNC(=O)c2sc(-c3ccsc3)nc2C)c1. The summed E-state index contributed by atoms with van der Waals surface area (Å²) in [5.41, 5.74) is 2.91. The predicted octanol–water partition coefficient (Wildman–Crippen LogP) is 3.53. The van der Waals surface area contributed by atoms with Crippen molar-refractivity contribution < 1.29 is 9.59 Å². The highest BCUT2D eigenvalue weighted by Gasteiger charge is 2.17. The maximum Gasteiger partial charge on any atom is 0.263 e. The molecule has 130 valence electrons. The highest BCUT2D eigenvalue weighted by atomic mass is 32.1. The van der Waals surface area contributed by atoms with Gasteiger partial charge in [0.15, 0.2) is 0 Å². The number of nitrogens with one attached hydrogen (secondary N) is 2. The lowest BCUT2D eigenvalue weighted by molar-refractivity contribution is -0.115. The standard InChI is InChI=1S/C19H15N3O2S2/c1-3-13-5-4-6-15(9-13)22-16(23)10-20-18(24)17-12(2)21-19(26-17)14-7-8-25-11-14/h1,4-9,11H,10H2,2H3,(H,20,24)(H,22,23). The quantitative estimate of drug-likeness (QED) is 0.664. The van der Waals surface area contributed by atoms with Crippen LogP contribution in [0.1, 0.15) is 20.9 Å². The van der Waals surface area contributed by atoms with Crippen molar-refractivity contribution in [2.24, 2.45) is 0 Å². The van der Waals surface area contributed by atoms with Crippen molar-refractivity contribution in [1.29, 1.82) is 0 Å². The van der Waals surface area contributed by atoms with E-state index in [0.29, 0.717) is 21.8 Å². The monoisotopic (exact) mass is 381 g/mol. The first kappa shape index (κ1) is 17.9. The van der Waals surface area contributed by atoms with Gasteiger partial charge in [-0.3, -0.25) is 9.59 Å². The number of aromatic nitrogens is 1. The van der Waals surface area contributed by atoms with Gasteiger partial charge in [-0.05, 0) is 36.6 Å². The van der Waals surface area contributed by atoms with Crippen LogP contribution < -0.4 is 10.6 Å². The van der Waals surface area contributed by atoms with E-state index in [0.717, 1.165) is 10.6 Å². The molecular formula is C19H15N3O2S2. The predicted molar refractivity (Wildman–Crippen MR) is 106 cm³/mol. The summed E-state index contributed by atoms with van der Waals surface area (Å²) in [5, 5.41) is 10.1. The molecule has 2 heterocycles. The molecule has 1 aromatic carbocycles. The molecule has 0 saturated heterocycles. The smallest absolute Gasteiger partial charge is 0.263 e. The van der Waals surface area contributed by atoms with Gasteiger partial charge in [-0.2, -0.15) is 11.3 Å². The summed E-state index contributed by atoms with van der Waals surface area (Å²) in [4.78, 5) is 29.3. The zero-order valence-corrected chi connectivity index (χ0v) is 15.5. The summed E-state index contributed by atoms with van der Waals surface area (Å²) in [6.07, 6.45) is 5.34. The van der Waals surface area contributed by atoms with Crippen molar-refractivity contribution in [2.45, 2.75) is 6.92 Å². The van der Waals surface area contributed by atoms with E-state index in [1.165, 1.54) is 11.3 Å². The fourth-order valence-corrected chi connectivity index (χ4v) is 3.94. The molecule has 2 amide bonds. The number of hydrogen-bond acceptors (Lipinski definition) is 5. The fraction of sp³-hybridized carbons (Fsp3) is 0.105. The summed E-state index contributed by atoms with van der Waals surface area (Å²) in [6.45, 7) is 1.65. The van der Waals surface area contributed by atoms with Gasteiger partial charge >= 0.3 is 0 Å². The van der Waals surface area contributed by atoms with Gasteiger partial charge < -0.3 is 10.6 Å². The molecule has 0 radical (unpaired) electrons. The number of benzene rings is 1. The van der Waals surface area contributed by atoms with Crippen LogP contribution in [0, 0.1) is 19.3 Å². The normalized spacial score (nSPS) is 10.2. The Kier molecular flexibility index (Phi) is 5.46. The Morgan fingerprint density at radius 3 is 2.88 bits per heavy atom. The number of rotatable bonds is 5. The third-order valence-electron chi connectivity index (χ3n) is 3.49. The fourth-order valence-electron chi connectivity index (χ4n) is 2.25. The number of amides is 2. The van der Waals surface area contributed by atoms with E-state index in [2.05, 4.69) is 21.5 Å². The minimum Gasteiger partial charge on any atom is -0.342 e. The average molecular weight is 381 g/mol. The molecule has 7 heteroatoms. The van der Waals surface area contributed by atoms with Gasteiger partial charge in [0, 0.05) is 22.2 Å². The lowest BCUT2D eigenvalue weighted by Crippen LogP contribution is -2.32. The molecule has 0 aliphatic heterocycles. The summed E-state index contributed by atoms with van der Waals surface area (Å²) in [7, 11) is 0. The molecule has 0 bridgehead atoms. The Morgan fingerprint density at radius 1 is 1.31 bits per heavy atom. The third-order valence-corrected chi connectivity index (χ3v) is 5.38. The zero-order chi connectivity index (χ0) is 18.5. The lowest BCUT2D eigenvalue weighted by Gasteiger charge is -2.07. The van der Waals surface area contributed by atoms with Crippen molar-refractivity contribution in [1.82, 2.24) is 10.3 Å². The van der Waals surface area contributed by atoms with Gasteiger partial charge in [-0.15, -0.1) is 17.8 Å². The highest BCUT2D eigenvalue weighted by molar-refractivity contribution is 7.17. The van der Waals surface area contributed by atoms with Gasteiger partial charge in [0.05, 0.1) is 12.2 Å². The number of carbonyl (C=O) groups is 2. The van der Waals surface area contributed by atoms with E-state index in [1.54, 1.807) is 42.5 Å². The van der Waals surface area contributed by atoms with E-state index >= 15 is 0 Å². The van der Waals surface area contributed by atoms with E-state index in [9.17, 15) is 9.59 Å². The maximum absolute atomic E-state index is 12.4. The Morgan fingerprint density at radius 2 is 2.15 bits per heavy atom. The Hall–Kier alpha value is -2.95. The van der Waals surface area contributed by atoms with Crippen LogP contribution in [-0.4, -0.2) is 23.3 Å². The largest absolute Gasteiger partial charge is 0.342 e. The minimum atomic E-state index is -0.326. The first-order chi connectivity index (χ1) is 12.6. The van der Waals surface area contributed by atoms with Crippen LogP contribution in [0.15, 0.2) is 41.1 Å².